The molecule has 1 fully saturated rings. The summed E-state index contributed by atoms with van der Waals surface area (Å²) in [6, 6.07) is 10.9. The molecule has 1 atom stereocenters. The Hall–Kier alpha value is -2.31. The maximum atomic E-state index is 13.0. The summed E-state index contributed by atoms with van der Waals surface area (Å²) in [4.78, 5) is 15.3. The molecule has 4 rings (SSSR count). The lowest BCUT2D eigenvalue weighted by Gasteiger charge is -2.33. The normalized spacial score (nSPS) is 17.7. The van der Waals surface area contributed by atoms with Gasteiger partial charge in [0.05, 0.1) is 15.4 Å². The lowest BCUT2D eigenvalue weighted by Crippen LogP contribution is -2.36. The molecule has 1 aliphatic rings. The molecule has 146 valence electrons. The van der Waals surface area contributed by atoms with Crippen LogP contribution in [0.15, 0.2) is 56.3 Å². The van der Waals surface area contributed by atoms with E-state index in [0.29, 0.717) is 34.9 Å². The fourth-order valence-corrected chi connectivity index (χ4v) is 4.06. The minimum Gasteiger partial charge on any atom is -0.507 e. The van der Waals surface area contributed by atoms with Gasteiger partial charge in [0.15, 0.2) is 0 Å². The van der Waals surface area contributed by atoms with Crippen LogP contribution in [0, 0.1) is 0 Å². The lowest BCUT2D eigenvalue weighted by atomic mass is 10.0. The number of likely N-dealkylation sites (tertiary alicyclic amines) is 1. The van der Waals surface area contributed by atoms with Crippen molar-refractivity contribution in [1.29, 1.82) is 0 Å². The van der Waals surface area contributed by atoms with E-state index in [0.717, 1.165) is 23.9 Å². The van der Waals surface area contributed by atoms with E-state index in [1.165, 1.54) is 12.7 Å². The fraction of sp³-hybridized carbons (Fsp3) is 0.318. The molecule has 1 N–H and O–H groups in total. The molecule has 0 spiro atoms. The second-order valence-corrected chi connectivity index (χ2v) is 8.07. The Morgan fingerprint density at radius 2 is 2.04 bits per heavy atom. The summed E-state index contributed by atoms with van der Waals surface area (Å²) in [5.74, 6) is 0.797. The van der Waals surface area contributed by atoms with E-state index in [1.807, 2.05) is 18.2 Å². The lowest BCUT2D eigenvalue weighted by molar-refractivity contribution is 0.151. The van der Waals surface area contributed by atoms with E-state index in [2.05, 4.69) is 27.8 Å². The van der Waals surface area contributed by atoms with Crippen LogP contribution in [0.1, 0.15) is 31.7 Å². The van der Waals surface area contributed by atoms with Gasteiger partial charge in [-0.15, -0.1) is 0 Å². The van der Waals surface area contributed by atoms with Crippen LogP contribution in [0.25, 0.3) is 11.0 Å². The van der Waals surface area contributed by atoms with Gasteiger partial charge in [-0.25, -0.2) is 0 Å². The fourth-order valence-electron chi connectivity index (χ4n) is 3.69. The van der Waals surface area contributed by atoms with Gasteiger partial charge in [0.1, 0.15) is 23.3 Å². The van der Waals surface area contributed by atoms with Crippen molar-refractivity contribution in [3.8, 4) is 17.2 Å². The third-order valence-corrected chi connectivity index (χ3v) is 6.00. The first-order valence-corrected chi connectivity index (χ1v) is 10.3. The molecule has 0 radical (unpaired) electrons. The number of hydrogen-bond acceptors (Lipinski definition) is 5. The molecule has 1 aromatic heterocycles. The summed E-state index contributed by atoms with van der Waals surface area (Å²) in [7, 11) is 0. The Balaban J connectivity index is 1.72. The molecule has 2 aromatic carbocycles. The number of phenolic OH excluding ortho intramolecular Hbond substituents is 1. The number of nitrogens with zero attached hydrogens (tertiary/aromatic N) is 1. The van der Waals surface area contributed by atoms with Gasteiger partial charge in [-0.1, -0.05) is 18.6 Å². The van der Waals surface area contributed by atoms with Crippen molar-refractivity contribution in [3.63, 3.8) is 0 Å². The zero-order valence-electron chi connectivity index (χ0n) is 15.7. The monoisotopic (exact) mass is 443 g/mol. The minimum absolute atomic E-state index is 0.113. The topological polar surface area (TPSA) is 62.9 Å². The highest BCUT2D eigenvalue weighted by Gasteiger charge is 2.22. The molecule has 3 aromatic rings. The number of aromatic hydroxyl groups is 1. The van der Waals surface area contributed by atoms with Crippen molar-refractivity contribution in [2.24, 2.45) is 0 Å². The van der Waals surface area contributed by atoms with Crippen molar-refractivity contribution >= 4 is 26.9 Å². The van der Waals surface area contributed by atoms with Crippen molar-refractivity contribution in [3.05, 3.63) is 62.9 Å². The molecule has 0 saturated carbocycles. The first kappa shape index (κ1) is 19.0. The predicted molar refractivity (Wildman–Crippen MR) is 112 cm³/mol. The van der Waals surface area contributed by atoms with E-state index < -0.39 is 0 Å². The number of benzene rings is 2. The molecule has 0 unspecified atom stereocenters. The summed E-state index contributed by atoms with van der Waals surface area (Å²) >= 11 is 3.41. The van der Waals surface area contributed by atoms with E-state index in [9.17, 15) is 9.90 Å². The van der Waals surface area contributed by atoms with Crippen LogP contribution in [-0.2, 0) is 6.54 Å². The van der Waals surface area contributed by atoms with Gasteiger partial charge in [0, 0.05) is 12.6 Å². The second-order valence-electron chi connectivity index (χ2n) is 7.22. The number of para-hydroxylation sites is 1. The van der Waals surface area contributed by atoms with Gasteiger partial charge in [-0.3, -0.25) is 9.69 Å². The zero-order valence-corrected chi connectivity index (χ0v) is 17.2. The van der Waals surface area contributed by atoms with Crippen molar-refractivity contribution in [2.75, 3.05) is 6.54 Å². The Morgan fingerprint density at radius 3 is 2.82 bits per heavy atom. The van der Waals surface area contributed by atoms with Crippen molar-refractivity contribution < 1.29 is 14.3 Å². The van der Waals surface area contributed by atoms with Gasteiger partial charge < -0.3 is 14.3 Å². The number of phenols is 1. The van der Waals surface area contributed by atoms with Gasteiger partial charge in [0.2, 0.25) is 11.2 Å². The molecule has 0 amide bonds. The number of halogens is 1. The Morgan fingerprint density at radius 1 is 1.21 bits per heavy atom. The summed E-state index contributed by atoms with van der Waals surface area (Å²) in [6.07, 6.45) is 4.83. The quantitative estimate of drug-likeness (QED) is 0.582. The molecule has 6 heteroatoms. The van der Waals surface area contributed by atoms with Gasteiger partial charge in [-0.05, 0) is 66.5 Å². The molecule has 0 bridgehead atoms. The highest BCUT2D eigenvalue weighted by Crippen LogP contribution is 2.32. The molecule has 1 saturated heterocycles. The third kappa shape index (κ3) is 3.66. The molecule has 28 heavy (non-hydrogen) atoms. The molecule has 0 aliphatic carbocycles. The highest BCUT2D eigenvalue weighted by atomic mass is 79.9. The van der Waals surface area contributed by atoms with E-state index in [1.54, 1.807) is 18.2 Å². The summed E-state index contributed by atoms with van der Waals surface area (Å²) in [6.45, 7) is 3.73. The second kappa shape index (κ2) is 7.97. The Kier molecular flexibility index (Phi) is 5.42. The number of ether oxygens (including phenoxy) is 1. The molecular weight excluding hydrogens is 422 g/mol. The van der Waals surface area contributed by atoms with Gasteiger partial charge in [0.25, 0.3) is 0 Å². The Labute approximate surface area is 171 Å². The molecule has 5 nitrogen and oxygen atoms in total. The highest BCUT2D eigenvalue weighted by molar-refractivity contribution is 9.10. The van der Waals surface area contributed by atoms with Crippen LogP contribution in [0.2, 0.25) is 0 Å². The zero-order chi connectivity index (χ0) is 19.7. The first-order valence-electron chi connectivity index (χ1n) is 9.47. The van der Waals surface area contributed by atoms with E-state index in [4.69, 9.17) is 9.15 Å². The Bertz CT molecular complexity index is 1060. The maximum Gasteiger partial charge on any atom is 0.235 e. The van der Waals surface area contributed by atoms with Crippen LogP contribution in [0.3, 0.4) is 0 Å². The van der Waals surface area contributed by atoms with Crippen LogP contribution in [-0.4, -0.2) is 22.6 Å². The number of fused-ring (bicyclic) bond motifs is 1. The van der Waals surface area contributed by atoms with Crippen LogP contribution in [0.4, 0.5) is 0 Å². The number of rotatable bonds is 4. The molecule has 2 heterocycles. The standard InChI is InChI=1S/C22H22BrNO4/c1-14-6-4-5-11-24(14)12-16-18(25)10-9-15-21(26)20(13-27-22(15)16)28-19-8-3-2-7-17(19)23/h2-3,7-10,13-14,25H,4-6,11-12H2,1H3/t14-/m1/s1. The third-order valence-electron chi connectivity index (χ3n) is 5.35. The minimum atomic E-state index is -0.259. The van der Waals surface area contributed by atoms with Crippen LogP contribution >= 0.6 is 15.9 Å². The summed E-state index contributed by atoms with van der Waals surface area (Å²) in [5, 5.41) is 10.8. The first-order chi connectivity index (χ1) is 13.5. The average molecular weight is 444 g/mol. The van der Waals surface area contributed by atoms with Crippen LogP contribution in [0.5, 0.6) is 17.2 Å². The number of hydrogen-bond donors (Lipinski definition) is 1. The largest absolute Gasteiger partial charge is 0.507 e. The predicted octanol–water partition coefficient (Wildman–Crippen LogP) is 5.43. The van der Waals surface area contributed by atoms with Gasteiger partial charge >= 0.3 is 0 Å². The summed E-state index contributed by atoms with van der Waals surface area (Å²) < 4.78 is 12.3. The molecule has 1 aliphatic heterocycles. The van der Waals surface area contributed by atoms with E-state index >= 15 is 0 Å². The van der Waals surface area contributed by atoms with Crippen LogP contribution < -0.4 is 10.2 Å². The SMILES string of the molecule is C[C@@H]1CCCCN1Cc1c(O)ccc2c(=O)c(Oc3ccccc3Br)coc12. The van der Waals surface area contributed by atoms with Crippen molar-refractivity contribution in [2.45, 2.75) is 38.8 Å². The molecular formula is C22H22BrNO4. The number of piperidine rings is 1. The van der Waals surface area contributed by atoms with Crippen molar-refractivity contribution in [1.82, 2.24) is 4.90 Å². The average Bonchev–Trinajstić information content (AvgIpc) is 2.69. The summed E-state index contributed by atoms with van der Waals surface area (Å²) in [5.41, 5.74) is 0.808. The maximum absolute atomic E-state index is 13.0. The van der Waals surface area contributed by atoms with Gasteiger partial charge in [-0.2, -0.15) is 0 Å². The van der Waals surface area contributed by atoms with E-state index in [-0.39, 0.29) is 16.9 Å². The smallest absolute Gasteiger partial charge is 0.235 e.